The van der Waals surface area contributed by atoms with Gasteiger partial charge in [-0.05, 0) is 60.9 Å². The monoisotopic (exact) mass is 537 g/mol. The summed E-state index contributed by atoms with van der Waals surface area (Å²) in [6.45, 7) is 1.66. The zero-order chi connectivity index (χ0) is 25.6. The Morgan fingerprint density at radius 3 is 2.65 bits per heavy atom. The van der Waals surface area contributed by atoms with Crippen molar-refractivity contribution >= 4 is 44.3 Å². The number of rotatable bonds is 7. The van der Waals surface area contributed by atoms with Crippen LogP contribution < -0.4 is 14.4 Å². The van der Waals surface area contributed by atoms with E-state index in [4.69, 9.17) is 20.8 Å². The molecule has 1 amide bonds. The second kappa shape index (κ2) is 9.08. The van der Waals surface area contributed by atoms with E-state index in [1.807, 2.05) is 29.2 Å². The molecule has 3 heterocycles. The van der Waals surface area contributed by atoms with Crippen LogP contribution in [-0.4, -0.2) is 38.0 Å². The van der Waals surface area contributed by atoms with Gasteiger partial charge in [-0.25, -0.2) is 9.71 Å². The molecule has 0 atom stereocenters. The molecular formula is C27H24ClN3O5S. The molecule has 2 aliphatic rings. The fourth-order valence-corrected chi connectivity index (χ4v) is 5.75. The third-order valence-electron chi connectivity index (χ3n) is 6.78. The molecule has 0 spiro atoms. The van der Waals surface area contributed by atoms with Gasteiger partial charge in [0.25, 0.3) is 15.9 Å². The number of furan rings is 1. The van der Waals surface area contributed by atoms with Gasteiger partial charge >= 0.3 is 0 Å². The number of pyridine rings is 1. The summed E-state index contributed by atoms with van der Waals surface area (Å²) in [5, 5.41) is 1.20. The number of hydrogen-bond acceptors (Lipinski definition) is 7. The van der Waals surface area contributed by atoms with Crippen LogP contribution in [0.1, 0.15) is 25.7 Å². The lowest BCUT2D eigenvalue weighted by Gasteiger charge is -2.21. The molecule has 6 rings (SSSR count). The summed E-state index contributed by atoms with van der Waals surface area (Å²) < 4.78 is 40.1. The van der Waals surface area contributed by atoms with E-state index in [1.54, 1.807) is 36.6 Å². The lowest BCUT2D eigenvalue weighted by molar-refractivity contribution is -0.127. The van der Waals surface area contributed by atoms with Crippen LogP contribution in [-0.2, 0) is 14.8 Å². The SMILES string of the molecule is O=C(NS(=O)(=O)c1cccc(N2CCCC2)n1)C1(Oc2cc(Cl)ccc2-c2ccc3ccoc3c2)CC1. The van der Waals surface area contributed by atoms with Crippen molar-refractivity contribution in [1.82, 2.24) is 9.71 Å². The van der Waals surface area contributed by atoms with Crippen LogP contribution in [0.15, 0.2) is 76.4 Å². The van der Waals surface area contributed by atoms with Crippen LogP contribution in [0.3, 0.4) is 0 Å². The fourth-order valence-electron chi connectivity index (χ4n) is 4.58. The minimum atomic E-state index is -4.19. The van der Waals surface area contributed by atoms with Crippen LogP contribution in [0.5, 0.6) is 5.75 Å². The number of carbonyl (C=O) groups excluding carboxylic acids is 1. The highest BCUT2D eigenvalue weighted by molar-refractivity contribution is 7.90. The number of aromatic nitrogens is 1. The van der Waals surface area contributed by atoms with E-state index in [-0.39, 0.29) is 5.03 Å². The van der Waals surface area contributed by atoms with E-state index in [2.05, 4.69) is 9.71 Å². The summed E-state index contributed by atoms with van der Waals surface area (Å²) in [7, 11) is -4.19. The highest BCUT2D eigenvalue weighted by Gasteiger charge is 2.54. The van der Waals surface area contributed by atoms with E-state index in [0.29, 0.717) is 40.6 Å². The summed E-state index contributed by atoms with van der Waals surface area (Å²) in [4.78, 5) is 19.6. The number of nitrogens with zero attached hydrogens (tertiary/aromatic N) is 2. The van der Waals surface area contributed by atoms with Crippen molar-refractivity contribution in [3.05, 3.63) is 71.9 Å². The number of hydrogen-bond donors (Lipinski definition) is 1. The van der Waals surface area contributed by atoms with Crippen LogP contribution in [0, 0.1) is 0 Å². The zero-order valence-electron chi connectivity index (χ0n) is 19.8. The number of halogens is 1. The van der Waals surface area contributed by atoms with E-state index < -0.39 is 21.5 Å². The van der Waals surface area contributed by atoms with Crippen LogP contribution >= 0.6 is 11.6 Å². The largest absolute Gasteiger partial charge is 0.477 e. The van der Waals surface area contributed by atoms with E-state index in [9.17, 15) is 13.2 Å². The van der Waals surface area contributed by atoms with Crippen LogP contribution in [0.25, 0.3) is 22.1 Å². The first-order valence-corrected chi connectivity index (χ1v) is 13.9. The van der Waals surface area contributed by atoms with E-state index in [1.165, 1.54) is 6.07 Å². The number of sulfonamides is 1. The maximum absolute atomic E-state index is 13.2. The number of anilines is 1. The van der Waals surface area contributed by atoms with E-state index in [0.717, 1.165) is 36.9 Å². The lowest BCUT2D eigenvalue weighted by atomic mass is 10.0. The maximum Gasteiger partial charge on any atom is 0.281 e. The molecule has 1 N–H and O–H groups in total. The second-order valence-corrected chi connectivity index (χ2v) is 11.4. The van der Waals surface area contributed by atoms with Crippen molar-refractivity contribution in [2.45, 2.75) is 36.3 Å². The summed E-state index contributed by atoms with van der Waals surface area (Å²) in [6, 6.07) is 17.6. The van der Waals surface area contributed by atoms with Gasteiger partial charge in [0, 0.05) is 41.9 Å². The molecule has 2 aromatic carbocycles. The molecule has 10 heteroatoms. The van der Waals surface area contributed by atoms with Gasteiger partial charge in [0.2, 0.25) is 0 Å². The molecule has 37 heavy (non-hydrogen) atoms. The molecule has 1 aliphatic carbocycles. The number of ether oxygens (including phenoxy) is 1. The van der Waals surface area contributed by atoms with Crippen LogP contribution in [0.2, 0.25) is 5.02 Å². The average molecular weight is 538 g/mol. The molecule has 0 unspecified atom stereocenters. The summed E-state index contributed by atoms with van der Waals surface area (Å²) >= 11 is 6.26. The number of amides is 1. The molecule has 2 fully saturated rings. The van der Waals surface area contributed by atoms with Gasteiger partial charge in [0.1, 0.15) is 17.2 Å². The van der Waals surface area contributed by atoms with Gasteiger partial charge in [-0.2, -0.15) is 8.42 Å². The highest BCUT2D eigenvalue weighted by Crippen LogP contribution is 2.44. The van der Waals surface area contributed by atoms with Crippen molar-refractivity contribution < 1.29 is 22.4 Å². The molecule has 4 aromatic rings. The third kappa shape index (κ3) is 4.65. The van der Waals surface area contributed by atoms with Gasteiger partial charge < -0.3 is 14.1 Å². The first-order chi connectivity index (χ1) is 17.8. The minimum Gasteiger partial charge on any atom is -0.477 e. The van der Waals surface area contributed by atoms with Gasteiger partial charge in [0.05, 0.1) is 6.26 Å². The number of nitrogens with one attached hydrogen (secondary N) is 1. The molecule has 190 valence electrons. The van der Waals surface area contributed by atoms with Gasteiger partial charge in [-0.3, -0.25) is 4.79 Å². The summed E-state index contributed by atoms with van der Waals surface area (Å²) in [5.41, 5.74) is 0.936. The quantitative estimate of drug-likeness (QED) is 0.347. The Bertz CT molecular complexity index is 1610. The molecular weight excluding hydrogens is 514 g/mol. The topological polar surface area (TPSA) is 102 Å². The maximum atomic E-state index is 13.2. The molecule has 2 aromatic heterocycles. The van der Waals surface area contributed by atoms with Gasteiger partial charge in [-0.1, -0.05) is 29.8 Å². The molecule has 1 saturated heterocycles. The first-order valence-electron chi connectivity index (χ1n) is 12.1. The standard InChI is InChI=1S/C27H24ClN3O5S/c28-20-8-9-21(19-7-6-18-10-15-35-22(18)16-19)23(17-20)36-27(11-12-27)26(32)30-37(33,34)25-5-3-4-24(29-25)31-13-1-2-14-31/h3-10,15-17H,1-2,11-14H2,(H,30,32). The Morgan fingerprint density at radius 2 is 1.86 bits per heavy atom. The Morgan fingerprint density at radius 1 is 1.05 bits per heavy atom. The van der Waals surface area contributed by atoms with Gasteiger partial charge in [0.15, 0.2) is 10.6 Å². The van der Waals surface area contributed by atoms with Crippen molar-refractivity contribution in [3.8, 4) is 16.9 Å². The van der Waals surface area contributed by atoms with Crippen molar-refractivity contribution in [2.24, 2.45) is 0 Å². The summed E-state index contributed by atoms with van der Waals surface area (Å²) in [5.74, 6) is 0.244. The molecule has 1 saturated carbocycles. The number of benzene rings is 2. The Kier molecular flexibility index (Phi) is 5.84. The number of fused-ring (bicyclic) bond motifs is 1. The lowest BCUT2D eigenvalue weighted by Crippen LogP contribution is -2.43. The zero-order valence-corrected chi connectivity index (χ0v) is 21.4. The summed E-state index contributed by atoms with van der Waals surface area (Å²) in [6.07, 6.45) is 4.44. The minimum absolute atomic E-state index is 0.198. The third-order valence-corrected chi connectivity index (χ3v) is 8.24. The van der Waals surface area contributed by atoms with Crippen LogP contribution in [0.4, 0.5) is 5.82 Å². The first kappa shape index (κ1) is 23.8. The Balaban J connectivity index is 1.25. The van der Waals surface area contributed by atoms with Crippen molar-refractivity contribution in [1.29, 1.82) is 0 Å². The van der Waals surface area contributed by atoms with Gasteiger partial charge in [-0.15, -0.1) is 0 Å². The van der Waals surface area contributed by atoms with E-state index >= 15 is 0 Å². The predicted molar refractivity (Wildman–Crippen MR) is 140 cm³/mol. The Hall–Kier alpha value is -3.56. The van der Waals surface area contributed by atoms with Crippen molar-refractivity contribution in [2.75, 3.05) is 18.0 Å². The second-order valence-electron chi connectivity index (χ2n) is 9.37. The number of carbonyl (C=O) groups is 1. The molecule has 0 bridgehead atoms. The fraction of sp³-hybridized carbons (Fsp3) is 0.259. The predicted octanol–water partition coefficient (Wildman–Crippen LogP) is 5.16. The smallest absolute Gasteiger partial charge is 0.281 e. The Labute approximate surface area is 219 Å². The molecule has 0 radical (unpaired) electrons. The average Bonchev–Trinajstić information content (AvgIpc) is 3.27. The highest BCUT2D eigenvalue weighted by atomic mass is 35.5. The van der Waals surface area contributed by atoms with Crippen molar-refractivity contribution in [3.63, 3.8) is 0 Å². The molecule has 8 nitrogen and oxygen atoms in total. The normalized spacial score (nSPS) is 16.6. The molecule has 1 aliphatic heterocycles.